The van der Waals surface area contributed by atoms with Crippen LogP contribution in [-0.4, -0.2) is 37.6 Å². The van der Waals surface area contributed by atoms with E-state index in [1.807, 2.05) is 0 Å². The number of hydrogen-bond acceptors (Lipinski definition) is 2. The molecule has 2 bridgehead atoms. The number of likely N-dealkylation sites (N-methyl/N-ethyl adjacent to an activating group) is 2. The van der Waals surface area contributed by atoms with E-state index in [9.17, 15) is 0 Å². The summed E-state index contributed by atoms with van der Waals surface area (Å²) in [5.74, 6) is 0.944. The third-order valence-corrected chi connectivity index (χ3v) is 3.18. The standard InChI is InChI=1S/C8H16N2/c1-9-8-6-3-4-7(8)10(2)5-6/h6-9H,3-5H2,1-2H3. The van der Waals surface area contributed by atoms with Crippen molar-refractivity contribution in [2.75, 3.05) is 20.6 Å². The summed E-state index contributed by atoms with van der Waals surface area (Å²) in [7, 11) is 4.34. The second-order valence-corrected chi connectivity index (χ2v) is 3.66. The van der Waals surface area contributed by atoms with Gasteiger partial charge in [-0.25, -0.2) is 0 Å². The Hall–Kier alpha value is -0.0800. The molecule has 1 heterocycles. The maximum absolute atomic E-state index is 3.41. The first-order valence-electron chi connectivity index (χ1n) is 4.20. The molecule has 0 spiro atoms. The van der Waals surface area contributed by atoms with Crippen molar-refractivity contribution in [3.8, 4) is 0 Å². The highest BCUT2D eigenvalue weighted by Gasteiger charge is 2.43. The lowest BCUT2D eigenvalue weighted by Gasteiger charge is -2.21. The highest BCUT2D eigenvalue weighted by Crippen LogP contribution is 2.36. The van der Waals surface area contributed by atoms with Gasteiger partial charge in [0.1, 0.15) is 0 Å². The van der Waals surface area contributed by atoms with Crippen LogP contribution in [0.25, 0.3) is 0 Å². The Kier molecular flexibility index (Phi) is 1.46. The minimum Gasteiger partial charge on any atom is -0.315 e. The highest BCUT2D eigenvalue weighted by atomic mass is 15.2. The molecule has 3 atom stereocenters. The predicted octanol–water partition coefficient (Wildman–Crippen LogP) is 0.298. The fourth-order valence-corrected chi connectivity index (χ4v) is 2.69. The molecule has 58 valence electrons. The van der Waals surface area contributed by atoms with Crippen molar-refractivity contribution in [3.05, 3.63) is 0 Å². The molecule has 1 N–H and O–H groups in total. The fourth-order valence-electron chi connectivity index (χ4n) is 2.69. The van der Waals surface area contributed by atoms with E-state index in [1.54, 1.807) is 0 Å². The molecule has 3 unspecified atom stereocenters. The summed E-state index contributed by atoms with van der Waals surface area (Å²) in [6.07, 6.45) is 2.85. The van der Waals surface area contributed by atoms with Crippen molar-refractivity contribution in [2.24, 2.45) is 5.92 Å². The predicted molar refractivity (Wildman–Crippen MR) is 42.0 cm³/mol. The second-order valence-electron chi connectivity index (χ2n) is 3.66. The number of hydrogen-bond donors (Lipinski definition) is 1. The van der Waals surface area contributed by atoms with Crippen LogP contribution < -0.4 is 5.32 Å². The van der Waals surface area contributed by atoms with Crippen molar-refractivity contribution in [1.29, 1.82) is 0 Å². The maximum Gasteiger partial charge on any atom is 0.0260 e. The summed E-state index contributed by atoms with van der Waals surface area (Å²) in [6.45, 7) is 1.32. The van der Waals surface area contributed by atoms with Gasteiger partial charge in [0, 0.05) is 18.6 Å². The topological polar surface area (TPSA) is 15.3 Å². The Morgan fingerprint density at radius 2 is 2.20 bits per heavy atom. The van der Waals surface area contributed by atoms with E-state index in [4.69, 9.17) is 0 Å². The van der Waals surface area contributed by atoms with Crippen LogP contribution in [0.15, 0.2) is 0 Å². The van der Waals surface area contributed by atoms with E-state index in [0.29, 0.717) is 0 Å². The van der Waals surface area contributed by atoms with Crippen LogP contribution in [0.1, 0.15) is 12.8 Å². The number of nitrogens with zero attached hydrogens (tertiary/aromatic N) is 1. The third kappa shape index (κ3) is 0.722. The van der Waals surface area contributed by atoms with Crippen LogP contribution in [0.3, 0.4) is 0 Å². The Morgan fingerprint density at radius 1 is 1.40 bits per heavy atom. The zero-order chi connectivity index (χ0) is 7.14. The first-order chi connectivity index (χ1) is 4.83. The van der Waals surface area contributed by atoms with Gasteiger partial charge in [-0.15, -0.1) is 0 Å². The van der Waals surface area contributed by atoms with E-state index in [2.05, 4.69) is 24.3 Å². The first kappa shape index (κ1) is 6.62. The Bertz CT molecular complexity index is 135. The SMILES string of the molecule is CNC1C2CCC1N(C)C2. The van der Waals surface area contributed by atoms with Gasteiger partial charge in [0.15, 0.2) is 0 Å². The molecule has 2 rings (SSSR count). The second kappa shape index (κ2) is 2.21. The summed E-state index contributed by atoms with van der Waals surface area (Å²) in [4.78, 5) is 2.50. The lowest BCUT2D eigenvalue weighted by molar-refractivity contribution is 0.257. The molecule has 2 heteroatoms. The van der Waals surface area contributed by atoms with Crippen molar-refractivity contribution in [3.63, 3.8) is 0 Å². The summed E-state index contributed by atoms with van der Waals surface area (Å²) < 4.78 is 0. The first-order valence-corrected chi connectivity index (χ1v) is 4.20. The number of rotatable bonds is 1. The van der Waals surface area contributed by atoms with Crippen LogP contribution in [0.2, 0.25) is 0 Å². The molecule has 1 aliphatic carbocycles. The largest absolute Gasteiger partial charge is 0.315 e. The summed E-state index contributed by atoms with van der Waals surface area (Å²) in [6, 6.07) is 1.64. The molecule has 0 aromatic rings. The molecule has 2 aliphatic rings. The van der Waals surface area contributed by atoms with Gasteiger partial charge in [-0.2, -0.15) is 0 Å². The van der Waals surface area contributed by atoms with E-state index in [-0.39, 0.29) is 0 Å². The van der Waals surface area contributed by atoms with Crippen molar-refractivity contribution in [2.45, 2.75) is 24.9 Å². The molecule has 0 radical (unpaired) electrons. The Balaban J connectivity index is 2.11. The van der Waals surface area contributed by atoms with Crippen LogP contribution in [0, 0.1) is 5.92 Å². The van der Waals surface area contributed by atoms with Crippen molar-refractivity contribution < 1.29 is 0 Å². The average Bonchev–Trinajstić information content (AvgIpc) is 2.42. The zero-order valence-electron chi connectivity index (χ0n) is 6.80. The normalized spacial score (nSPS) is 46.8. The summed E-state index contributed by atoms with van der Waals surface area (Å²) in [5.41, 5.74) is 0. The molecule has 1 saturated carbocycles. The molecule has 2 fully saturated rings. The molecule has 0 amide bonds. The summed E-state index contributed by atoms with van der Waals surface area (Å²) >= 11 is 0. The molecule has 0 aromatic heterocycles. The van der Waals surface area contributed by atoms with Gasteiger partial charge < -0.3 is 10.2 Å². The minimum absolute atomic E-state index is 0.796. The third-order valence-electron chi connectivity index (χ3n) is 3.18. The van der Waals surface area contributed by atoms with E-state index >= 15 is 0 Å². The Labute approximate surface area is 62.6 Å². The monoisotopic (exact) mass is 140 g/mol. The van der Waals surface area contributed by atoms with Gasteiger partial charge in [0.2, 0.25) is 0 Å². The molecule has 2 nitrogen and oxygen atoms in total. The highest BCUT2D eigenvalue weighted by molar-refractivity contribution is 5.01. The molecule has 0 aromatic carbocycles. The number of nitrogens with one attached hydrogen (secondary N) is 1. The minimum atomic E-state index is 0.796. The van der Waals surface area contributed by atoms with Crippen LogP contribution in [-0.2, 0) is 0 Å². The molecular weight excluding hydrogens is 124 g/mol. The average molecular weight is 140 g/mol. The zero-order valence-corrected chi connectivity index (χ0v) is 6.80. The van der Waals surface area contributed by atoms with Crippen LogP contribution in [0.4, 0.5) is 0 Å². The van der Waals surface area contributed by atoms with E-state index < -0.39 is 0 Å². The van der Waals surface area contributed by atoms with Gasteiger partial charge in [0.25, 0.3) is 0 Å². The van der Waals surface area contributed by atoms with Crippen molar-refractivity contribution in [1.82, 2.24) is 10.2 Å². The quantitative estimate of drug-likeness (QED) is 0.563. The van der Waals surface area contributed by atoms with Gasteiger partial charge >= 0.3 is 0 Å². The van der Waals surface area contributed by atoms with Crippen molar-refractivity contribution >= 4 is 0 Å². The van der Waals surface area contributed by atoms with E-state index in [1.165, 1.54) is 19.4 Å². The lowest BCUT2D eigenvalue weighted by atomic mass is 10.1. The number of piperidine rings is 1. The molecular formula is C8H16N2. The van der Waals surface area contributed by atoms with Crippen LogP contribution >= 0.6 is 0 Å². The van der Waals surface area contributed by atoms with Gasteiger partial charge in [0.05, 0.1) is 0 Å². The molecule has 1 saturated heterocycles. The fraction of sp³-hybridized carbons (Fsp3) is 1.00. The van der Waals surface area contributed by atoms with Crippen LogP contribution in [0.5, 0.6) is 0 Å². The number of fused-ring (bicyclic) bond motifs is 2. The summed E-state index contributed by atoms with van der Waals surface area (Å²) in [5, 5.41) is 3.41. The number of likely N-dealkylation sites (tertiary alicyclic amines) is 1. The smallest absolute Gasteiger partial charge is 0.0260 e. The van der Waals surface area contributed by atoms with E-state index in [0.717, 1.165) is 18.0 Å². The maximum atomic E-state index is 3.41. The molecule has 10 heavy (non-hydrogen) atoms. The molecule has 1 aliphatic heterocycles. The van der Waals surface area contributed by atoms with Gasteiger partial charge in [-0.3, -0.25) is 0 Å². The lowest BCUT2D eigenvalue weighted by Crippen LogP contribution is -2.37. The van der Waals surface area contributed by atoms with Gasteiger partial charge in [-0.05, 0) is 32.9 Å². The van der Waals surface area contributed by atoms with Gasteiger partial charge in [-0.1, -0.05) is 0 Å². The Morgan fingerprint density at radius 3 is 2.50 bits per heavy atom.